The number of nitrogens with one attached hydrogen (secondary N) is 2. The summed E-state index contributed by atoms with van der Waals surface area (Å²) in [7, 11) is 1.59. The van der Waals surface area contributed by atoms with Crippen LogP contribution in [0.3, 0.4) is 0 Å². The fraction of sp³-hybridized carbons (Fsp3) is 0.432. The van der Waals surface area contributed by atoms with Gasteiger partial charge in [0.1, 0.15) is 24.5 Å². The molecule has 9 nitrogen and oxygen atoms in total. The number of aliphatic hydroxyl groups excluding tert-OH is 1. The second-order valence-electron chi connectivity index (χ2n) is 12.2. The van der Waals surface area contributed by atoms with E-state index in [-0.39, 0.29) is 44.5 Å². The highest BCUT2D eigenvalue weighted by Crippen LogP contribution is 2.22. The number of amides is 3. The highest BCUT2D eigenvalue weighted by Gasteiger charge is 2.36. The van der Waals surface area contributed by atoms with E-state index in [2.05, 4.69) is 10.6 Å². The molecule has 0 aromatic heterocycles. The minimum absolute atomic E-state index is 0.00721. The molecule has 3 N–H and O–H groups in total. The summed E-state index contributed by atoms with van der Waals surface area (Å²) >= 11 is 0. The van der Waals surface area contributed by atoms with Gasteiger partial charge in [0.25, 0.3) is 0 Å². The van der Waals surface area contributed by atoms with Gasteiger partial charge < -0.3 is 30.3 Å². The van der Waals surface area contributed by atoms with Crippen molar-refractivity contribution in [3.05, 3.63) is 95.8 Å². The first kappa shape index (κ1) is 35.7. The molecule has 1 saturated heterocycles. The summed E-state index contributed by atoms with van der Waals surface area (Å²) in [5, 5.41) is 15.9. The van der Waals surface area contributed by atoms with Gasteiger partial charge in [0.2, 0.25) is 17.7 Å². The van der Waals surface area contributed by atoms with Crippen molar-refractivity contribution in [2.45, 2.75) is 63.8 Å². The largest absolute Gasteiger partial charge is 0.392 e. The van der Waals surface area contributed by atoms with Crippen LogP contribution in [0.5, 0.6) is 0 Å². The molecule has 1 aliphatic heterocycles. The van der Waals surface area contributed by atoms with E-state index >= 15 is 0 Å². The summed E-state index contributed by atoms with van der Waals surface area (Å²) in [5.74, 6) is -1.59. The van der Waals surface area contributed by atoms with Crippen molar-refractivity contribution in [3.8, 4) is 11.1 Å². The fourth-order valence-corrected chi connectivity index (χ4v) is 5.82. The van der Waals surface area contributed by atoms with E-state index in [0.717, 1.165) is 36.1 Å². The van der Waals surface area contributed by atoms with Gasteiger partial charge in [0.05, 0.1) is 12.7 Å². The molecule has 1 aliphatic rings. The van der Waals surface area contributed by atoms with Gasteiger partial charge in [0, 0.05) is 39.0 Å². The molecular weight excluding hydrogens is 599 g/mol. The Morgan fingerprint density at radius 2 is 1.57 bits per heavy atom. The van der Waals surface area contributed by atoms with Crippen LogP contribution >= 0.6 is 0 Å². The van der Waals surface area contributed by atoms with E-state index in [1.165, 1.54) is 21.9 Å². The summed E-state index contributed by atoms with van der Waals surface area (Å²) in [5.41, 5.74) is 3.61. The molecule has 47 heavy (non-hydrogen) atoms. The average Bonchev–Trinajstić information content (AvgIpc) is 3.60. The topological polar surface area (TPSA) is 111 Å². The van der Waals surface area contributed by atoms with Crippen LogP contribution in [-0.4, -0.2) is 96.8 Å². The highest BCUT2D eigenvalue weighted by atomic mass is 19.1. The number of hydrogen-bond donors (Lipinski definition) is 3. The van der Waals surface area contributed by atoms with Crippen LogP contribution in [-0.2, 0) is 32.0 Å². The first-order valence-electron chi connectivity index (χ1n) is 16.4. The predicted octanol–water partition coefficient (Wildman–Crippen LogP) is 3.59. The Hall–Kier alpha value is -4.12. The molecular formula is C37H47FN4O5. The van der Waals surface area contributed by atoms with Crippen LogP contribution in [0.4, 0.5) is 4.39 Å². The molecule has 4 atom stereocenters. The van der Waals surface area contributed by atoms with E-state index in [9.17, 15) is 23.9 Å². The van der Waals surface area contributed by atoms with E-state index in [1.54, 1.807) is 33.0 Å². The van der Waals surface area contributed by atoms with Crippen LogP contribution in [0.2, 0.25) is 0 Å². The van der Waals surface area contributed by atoms with Gasteiger partial charge in [-0.3, -0.25) is 14.4 Å². The van der Waals surface area contributed by atoms with Crippen LogP contribution in [0.1, 0.15) is 37.8 Å². The summed E-state index contributed by atoms with van der Waals surface area (Å²) in [4.78, 5) is 44.4. The highest BCUT2D eigenvalue weighted by molar-refractivity contribution is 5.92. The Labute approximate surface area is 277 Å². The first-order valence-corrected chi connectivity index (χ1v) is 16.4. The Morgan fingerprint density at radius 1 is 0.957 bits per heavy atom. The monoisotopic (exact) mass is 646 g/mol. The zero-order chi connectivity index (χ0) is 33.8. The Morgan fingerprint density at radius 3 is 2.17 bits per heavy atom. The number of rotatable bonds is 16. The SMILES string of the molecule is CCN(C(=O)[C@@H](Cc1ccc(-c2ccccc2)cc1)N(C)C(=O)COC[C@@H]1CCCN1)[C@H](Cc1ccc(F)cc1)C(=O)NC[C@@H](C)O. The zero-order valence-corrected chi connectivity index (χ0v) is 27.5. The number of carbonyl (C=O) groups is 3. The number of benzene rings is 3. The third-order valence-corrected chi connectivity index (χ3v) is 8.56. The minimum Gasteiger partial charge on any atom is -0.392 e. The van der Waals surface area contributed by atoms with Crippen molar-refractivity contribution >= 4 is 17.7 Å². The van der Waals surface area contributed by atoms with Crippen LogP contribution in [0.15, 0.2) is 78.9 Å². The van der Waals surface area contributed by atoms with Gasteiger partial charge in [0.15, 0.2) is 0 Å². The van der Waals surface area contributed by atoms with Crippen molar-refractivity contribution in [3.63, 3.8) is 0 Å². The number of hydrogen-bond acceptors (Lipinski definition) is 6. The van der Waals surface area contributed by atoms with Crippen molar-refractivity contribution in [1.29, 1.82) is 0 Å². The molecule has 3 aromatic rings. The summed E-state index contributed by atoms with van der Waals surface area (Å²) in [6.07, 6.45) is 1.61. The van der Waals surface area contributed by atoms with E-state index < -0.39 is 35.8 Å². The van der Waals surface area contributed by atoms with E-state index in [4.69, 9.17) is 4.74 Å². The zero-order valence-electron chi connectivity index (χ0n) is 27.5. The molecule has 0 aliphatic carbocycles. The number of likely N-dealkylation sites (N-methyl/N-ethyl adjacent to an activating group) is 2. The van der Waals surface area contributed by atoms with Crippen molar-refractivity contribution in [2.75, 3.05) is 39.9 Å². The van der Waals surface area contributed by atoms with Gasteiger partial charge in [-0.15, -0.1) is 0 Å². The van der Waals surface area contributed by atoms with Gasteiger partial charge >= 0.3 is 0 Å². The lowest BCUT2D eigenvalue weighted by molar-refractivity contribution is -0.150. The number of aliphatic hydroxyl groups is 1. The number of carbonyl (C=O) groups excluding carboxylic acids is 3. The number of halogens is 1. The van der Waals surface area contributed by atoms with E-state index in [0.29, 0.717) is 12.2 Å². The molecule has 10 heteroatoms. The molecule has 0 saturated carbocycles. The second-order valence-corrected chi connectivity index (χ2v) is 12.2. The average molecular weight is 647 g/mol. The Bertz CT molecular complexity index is 1430. The van der Waals surface area contributed by atoms with E-state index in [1.807, 2.05) is 54.6 Å². The smallest absolute Gasteiger partial charge is 0.249 e. The van der Waals surface area contributed by atoms with Crippen LogP contribution in [0, 0.1) is 5.82 Å². The van der Waals surface area contributed by atoms with Gasteiger partial charge in [-0.2, -0.15) is 0 Å². The third-order valence-electron chi connectivity index (χ3n) is 8.56. The van der Waals surface area contributed by atoms with Crippen LogP contribution in [0.25, 0.3) is 11.1 Å². The van der Waals surface area contributed by atoms with Gasteiger partial charge in [-0.1, -0.05) is 66.7 Å². The molecule has 4 rings (SSSR count). The molecule has 3 aromatic carbocycles. The first-order chi connectivity index (χ1) is 22.7. The van der Waals surface area contributed by atoms with Crippen LogP contribution < -0.4 is 10.6 Å². The summed E-state index contributed by atoms with van der Waals surface area (Å²) in [6, 6.07) is 21.9. The normalized spacial score (nSPS) is 16.2. The third kappa shape index (κ3) is 10.4. The lowest BCUT2D eigenvalue weighted by Crippen LogP contribution is -2.58. The summed E-state index contributed by atoms with van der Waals surface area (Å²) in [6.45, 7) is 4.69. The quantitative estimate of drug-likeness (QED) is 0.220. The molecule has 1 fully saturated rings. The fourth-order valence-electron chi connectivity index (χ4n) is 5.82. The second kappa shape index (κ2) is 17.7. The minimum atomic E-state index is -0.965. The molecule has 3 amide bonds. The molecule has 0 unspecified atom stereocenters. The molecule has 0 radical (unpaired) electrons. The predicted molar refractivity (Wildman–Crippen MR) is 180 cm³/mol. The van der Waals surface area contributed by atoms with Gasteiger partial charge in [-0.25, -0.2) is 4.39 Å². The number of nitrogens with zero attached hydrogens (tertiary/aromatic N) is 2. The molecule has 0 spiro atoms. The Balaban J connectivity index is 1.60. The van der Waals surface area contributed by atoms with Crippen molar-refractivity contribution < 1.29 is 28.6 Å². The maximum absolute atomic E-state index is 14.5. The van der Waals surface area contributed by atoms with Gasteiger partial charge in [-0.05, 0) is 67.6 Å². The molecule has 1 heterocycles. The lowest BCUT2D eigenvalue weighted by atomic mass is 9.98. The molecule has 0 bridgehead atoms. The standard InChI is InChI=1S/C37H47FN4O5/c1-4-42(33(36(45)40-23-26(2)43)21-28-14-18-31(38)19-15-28)37(46)34(41(3)35(44)25-47-24-32-11-8-20-39-32)22-27-12-16-30(17-13-27)29-9-6-5-7-10-29/h5-7,9-10,12-19,26,32-34,39,43H,4,8,11,20-25H2,1-3H3,(H,40,45)/t26-,32+,33-,34-/m1/s1. The van der Waals surface area contributed by atoms with Crippen molar-refractivity contribution in [2.24, 2.45) is 0 Å². The number of ether oxygens (including phenoxy) is 1. The maximum atomic E-state index is 14.5. The molecule has 252 valence electrons. The Kier molecular flexibility index (Phi) is 13.5. The maximum Gasteiger partial charge on any atom is 0.249 e. The lowest BCUT2D eigenvalue weighted by Gasteiger charge is -2.36. The summed E-state index contributed by atoms with van der Waals surface area (Å²) < 4.78 is 19.5. The van der Waals surface area contributed by atoms with Crippen molar-refractivity contribution in [1.82, 2.24) is 20.4 Å².